The predicted molar refractivity (Wildman–Crippen MR) is 152 cm³/mol. The Labute approximate surface area is 239 Å². The number of rotatable bonds is 5. The predicted octanol–water partition coefficient (Wildman–Crippen LogP) is 5.90. The molecule has 3 atom stereocenters. The molecule has 0 bridgehead atoms. The summed E-state index contributed by atoms with van der Waals surface area (Å²) in [6, 6.07) is 21.1. The zero-order valence-electron chi connectivity index (χ0n) is 23.8. The standard InChI is InChI=1S/C33H33NO7/c1-6-39-29(36)28-33(23-16-10-11-17-25(23)34(30(33)37)31(38)41-32(3,4)5)24(22-15-9-12-18-27(22)40-28)19-26(35)21-14-8-7-13-20(21)2/h7-18,24,28H,6,19H2,1-5H3/t24-,28-,33+/m0/s1. The Bertz CT molecular complexity index is 1540. The molecule has 1 spiro atoms. The molecule has 0 N–H and O–H groups in total. The first kappa shape index (κ1) is 28.1. The summed E-state index contributed by atoms with van der Waals surface area (Å²) in [4.78, 5) is 56.9. The third-order valence-electron chi connectivity index (χ3n) is 7.56. The Hall–Kier alpha value is -4.46. The first-order valence-electron chi connectivity index (χ1n) is 13.7. The molecule has 0 unspecified atom stereocenters. The highest BCUT2D eigenvalue weighted by Crippen LogP contribution is 2.58. The van der Waals surface area contributed by atoms with Gasteiger partial charge < -0.3 is 14.2 Å². The zero-order valence-corrected chi connectivity index (χ0v) is 23.8. The number of hydrogen-bond donors (Lipinski definition) is 0. The molecule has 8 heteroatoms. The molecule has 0 aliphatic carbocycles. The van der Waals surface area contributed by atoms with Gasteiger partial charge in [0.2, 0.25) is 6.10 Å². The molecule has 2 aliphatic heterocycles. The normalized spacial score (nSPS) is 21.1. The number of aryl methyl sites for hydroxylation is 1. The lowest BCUT2D eigenvalue weighted by atomic mass is 9.61. The van der Waals surface area contributed by atoms with Gasteiger partial charge in [0, 0.05) is 17.9 Å². The van der Waals surface area contributed by atoms with Crippen molar-refractivity contribution in [3.63, 3.8) is 0 Å². The molecule has 0 radical (unpaired) electrons. The van der Waals surface area contributed by atoms with Crippen LogP contribution < -0.4 is 9.64 Å². The molecular formula is C33H33NO7. The van der Waals surface area contributed by atoms with Crippen molar-refractivity contribution in [3.8, 4) is 5.75 Å². The van der Waals surface area contributed by atoms with Gasteiger partial charge in [0.25, 0.3) is 5.91 Å². The van der Waals surface area contributed by atoms with Gasteiger partial charge in [0.15, 0.2) is 5.78 Å². The summed E-state index contributed by atoms with van der Waals surface area (Å²) < 4.78 is 17.4. The Balaban J connectivity index is 1.77. The minimum Gasteiger partial charge on any atom is -0.477 e. The number of esters is 1. The number of imide groups is 1. The number of benzene rings is 3. The average molecular weight is 556 g/mol. The van der Waals surface area contributed by atoms with E-state index in [4.69, 9.17) is 14.2 Å². The minimum absolute atomic E-state index is 0.0504. The van der Waals surface area contributed by atoms with Gasteiger partial charge in [-0.3, -0.25) is 9.59 Å². The van der Waals surface area contributed by atoms with E-state index in [0.29, 0.717) is 22.4 Å². The summed E-state index contributed by atoms with van der Waals surface area (Å²) in [6.45, 7) is 8.68. The highest BCUT2D eigenvalue weighted by Gasteiger charge is 2.68. The molecule has 3 aromatic rings. The Morgan fingerprint density at radius 1 is 0.951 bits per heavy atom. The van der Waals surface area contributed by atoms with E-state index in [1.54, 1.807) is 88.4 Å². The van der Waals surface area contributed by atoms with Crippen LogP contribution in [0.3, 0.4) is 0 Å². The second-order valence-electron chi connectivity index (χ2n) is 11.3. The van der Waals surface area contributed by atoms with Crippen molar-refractivity contribution in [2.24, 2.45) is 0 Å². The molecule has 8 nitrogen and oxygen atoms in total. The number of para-hydroxylation sites is 2. The monoisotopic (exact) mass is 555 g/mol. The topological polar surface area (TPSA) is 99.2 Å². The largest absolute Gasteiger partial charge is 0.477 e. The number of Topliss-reactive ketones (excluding diaryl/α,β-unsaturated/α-hetero) is 1. The van der Waals surface area contributed by atoms with Crippen LogP contribution in [-0.2, 0) is 24.5 Å². The number of fused-ring (bicyclic) bond motifs is 3. The summed E-state index contributed by atoms with van der Waals surface area (Å²) in [7, 11) is 0. The van der Waals surface area contributed by atoms with Crippen molar-refractivity contribution in [1.29, 1.82) is 0 Å². The molecule has 2 amide bonds. The summed E-state index contributed by atoms with van der Waals surface area (Å²) >= 11 is 0. The van der Waals surface area contributed by atoms with Crippen LogP contribution in [0.5, 0.6) is 5.75 Å². The van der Waals surface area contributed by atoms with Gasteiger partial charge in [-0.1, -0.05) is 60.7 Å². The van der Waals surface area contributed by atoms with Crippen LogP contribution in [0.2, 0.25) is 0 Å². The van der Waals surface area contributed by atoms with Gasteiger partial charge in [-0.15, -0.1) is 0 Å². The van der Waals surface area contributed by atoms with E-state index in [9.17, 15) is 19.2 Å². The quantitative estimate of drug-likeness (QED) is 0.286. The van der Waals surface area contributed by atoms with Gasteiger partial charge in [-0.05, 0) is 63.4 Å². The van der Waals surface area contributed by atoms with E-state index in [1.165, 1.54) is 0 Å². The average Bonchev–Trinajstić information content (AvgIpc) is 3.18. The number of carbonyl (C=O) groups is 4. The van der Waals surface area contributed by atoms with E-state index in [1.807, 2.05) is 19.1 Å². The number of hydrogen-bond acceptors (Lipinski definition) is 7. The Kier molecular flexibility index (Phi) is 7.19. The fraction of sp³-hybridized carbons (Fsp3) is 0.333. The van der Waals surface area contributed by atoms with Crippen molar-refractivity contribution in [2.75, 3.05) is 11.5 Å². The third-order valence-corrected chi connectivity index (χ3v) is 7.56. The molecule has 0 fully saturated rings. The van der Waals surface area contributed by atoms with Crippen molar-refractivity contribution in [3.05, 3.63) is 95.1 Å². The van der Waals surface area contributed by atoms with Crippen molar-refractivity contribution in [1.82, 2.24) is 0 Å². The molecule has 5 rings (SSSR count). The fourth-order valence-electron chi connectivity index (χ4n) is 5.93. The summed E-state index contributed by atoms with van der Waals surface area (Å²) in [5.41, 5.74) is -0.109. The van der Waals surface area contributed by atoms with Crippen LogP contribution >= 0.6 is 0 Å². The van der Waals surface area contributed by atoms with E-state index >= 15 is 0 Å². The molecule has 0 aromatic heterocycles. The molecule has 3 aromatic carbocycles. The first-order chi connectivity index (χ1) is 19.5. The SMILES string of the molecule is CCOC(=O)[C@@H]1Oc2ccccc2[C@H](CC(=O)c2ccccc2C)[C@@]12C(=O)N(C(=O)OC(C)(C)C)c1ccccc12. The first-order valence-corrected chi connectivity index (χ1v) is 13.7. The highest BCUT2D eigenvalue weighted by molar-refractivity contribution is 6.23. The van der Waals surface area contributed by atoms with E-state index in [2.05, 4.69) is 0 Å². The number of carbonyl (C=O) groups excluding carboxylic acids is 4. The Morgan fingerprint density at radius 2 is 1.61 bits per heavy atom. The van der Waals surface area contributed by atoms with Crippen LogP contribution in [0.15, 0.2) is 72.8 Å². The fourth-order valence-corrected chi connectivity index (χ4v) is 5.93. The minimum atomic E-state index is -1.79. The van der Waals surface area contributed by atoms with Crippen LogP contribution in [0, 0.1) is 6.92 Å². The maximum Gasteiger partial charge on any atom is 0.421 e. The van der Waals surface area contributed by atoms with Gasteiger partial charge in [0.05, 0.1) is 12.3 Å². The Morgan fingerprint density at radius 3 is 2.32 bits per heavy atom. The smallest absolute Gasteiger partial charge is 0.421 e. The lowest BCUT2D eigenvalue weighted by Crippen LogP contribution is -2.61. The van der Waals surface area contributed by atoms with Crippen molar-refractivity contribution >= 4 is 29.4 Å². The number of anilines is 1. The summed E-state index contributed by atoms with van der Waals surface area (Å²) in [5.74, 6) is -2.16. The maximum absolute atomic E-state index is 14.8. The van der Waals surface area contributed by atoms with Crippen molar-refractivity contribution < 1.29 is 33.4 Å². The van der Waals surface area contributed by atoms with Gasteiger partial charge in [-0.25, -0.2) is 14.5 Å². The van der Waals surface area contributed by atoms with E-state index in [-0.39, 0.29) is 24.5 Å². The number of ketones is 1. The van der Waals surface area contributed by atoms with Crippen LogP contribution in [0.25, 0.3) is 0 Å². The second-order valence-corrected chi connectivity index (χ2v) is 11.3. The number of nitrogens with zero attached hydrogens (tertiary/aromatic N) is 1. The molecule has 212 valence electrons. The van der Waals surface area contributed by atoms with Crippen LogP contribution in [0.4, 0.5) is 10.5 Å². The highest BCUT2D eigenvalue weighted by atomic mass is 16.6. The van der Waals surface area contributed by atoms with Gasteiger partial charge >= 0.3 is 12.1 Å². The molecule has 0 saturated carbocycles. The molecule has 0 saturated heterocycles. The summed E-state index contributed by atoms with van der Waals surface area (Å²) in [5, 5.41) is 0. The maximum atomic E-state index is 14.8. The molecule has 2 aliphatic rings. The van der Waals surface area contributed by atoms with E-state index in [0.717, 1.165) is 10.5 Å². The van der Waals surface area contributed by atoms with Crippen molar-refractivity contribution in [2.45, 2.75) is 64.1 Å². The number of amides is 2. The number of ether oxygens (including phenoxy) is 3. The van der Waals surface area contributed by atoms with Crippen LogP contribution in [0.1, 0.15) is 67.1 Å². The van der Waals surface area contributed by atoms with Crippen LogP contribution in [-0.4, -0.2) is 42.1 Å². The molecular weight excluding hydrogens is 522 g/mol. The second kappa shape index (κ2) is 10.5. The van der Waals surface area contributed by atoms with E-state index < -0.39 is 41.0 Å². The molecule has 2 heterocycles. The lowest BCUT2D eigenvalue weighted by Gasteiger charge is -2.45. The van der Waals surface area contributed by atoms with Gasteiger partial charge in [-0.2, -0.15) is 0 Å². The third kappa shape index (κ3) is 4.67. The molecule has 41 heavy (non-hydrogen) atoms. The lowest BCUT2D eigenvalue weighted by molar-refractivity contribution is -0.160. The zero-order chi connectivity index (χ0) is 29.5. The van der Waals surface area contributed by atoms with Gasteiger partial charge in [0.1, 0.15) is 16.8 Å². The summed E-state index contributed by atoms with van der Waals surface area (Å²) in [6.07, 6.45) is -2.46.